The van der Waals surface area contributed by atoms with E-state index in [1.165, 1.54) is 12.1 Å². The maximum Gasteiger partial charge on any atom is 0.387 e. The molecule has 148 valence electrons. The summed E-state index contributed by atoms with van der Waals surface area (Å²) < 4.78 is 31.6. The van der Waals surface area contributed by atoms with Gasteiger partial charge in [0.1, 0.15) is 11.4 Å². The molecule has 4 rings (SSSR count). The lowest BCUT2D eigenvalue weighted by atomic mass is 9.98. The van der Waals surface area contributed by atoms with Crippen LogP contribution in [0.1, 0.15) is 23.1 Å². The van der Waals surface area contributed by atoms with Crippen LogP contribution in [-0.2, 0) is 5.72 Å². The molecule has 2 aromatic rings. The number of alkyl halides is 2. The standard InChI is InChI=1S/C21H23F2N2O2S/c1-14-5-3-6-15(2)18(14)25-20-24(11-4-12-28-20)13-21(25,26)16-7-9-17(10-8-16)27-19(22)23/h3,5-10,19,26H,4,11-13H2,1-2H3/q+1. The number of aryl methyl sites for hydroxylation is 2. The molecule has 0 saturated carbocycles. The number of para-hydroxylation sites is 1. The van der Waals surface area contributed by atoms with Crippen molar-refractivity contribution >= 4 is 22.6 Å². The molecule has 1 atom stereocenters. The van der Waals surface area contributed by atoms with Crippen molar-refractivity contribution in [2.45, 2.75) is 32.6 Å². The molecule has 2 aliphatic rings. The van der Waals surface area contributed by atoms with Crippen molar-refractivity contribution in [2.75, 3.05) is 23.7 Å². The third kappa shape index (κ3) is 3.26. The Morgan fingerprint density at radius 3 is 2.46 bits per heavy atom. The Morgan fingerprint density at radius 1 is 1.14 bits per heavy atom. The summed E-state index contributed by atoms with van der Waals surface area (Å²) in [6.07, 6.45) is 1.06. The number of benzene rings is 2. The zero-order chi connectivity index (χ0) is 19.9. The van der Waals surface area contributed by atoms with Crippen LogP contribution in [0.2, 0.25) is 0 Å². The topological polar surface area (TPSA) is 35.7 Å². The SMILES string of the molecule is Cc1cccc(C)c1N1C2=[N+](CCCS2)CC1(O)c1ccc(OC(F)F)cc1. The number of rotatable bonds is 4. The first-order chi connectivity index (χ1) is 13.4. The molecule has 7 heteroatoms. The zero-order valence-electron chi connectivity index (χ0n) is 15.9. The number of hydrogen-bond donors (Lipinski definition) is 1. The fourth-order valence-corrected chi connectivity index (χ4v) is 5.18. The number of hydrogen-bond acceptors (Lipinski definition) is 4. The van der Waals surface area contributed by atoms with Crippen LogP contribution < -0.4 is 9.64 Å². The van der Waals surface area contributed by atoms with Gasteiger partial charge >= 0.3 is 11.8 Å². The minimum Gasteiger partial charge on any atom is -0.435 e. The maximum absolute atomic E-state index is 12.5. The summed E-state index contributed by atoms with van der Waals surface area (Å²) in [6, 6.07) is 12.4. The second-order valence-corrected chi connectivity index (χ2v) is 8.26. The van der Waals surface area contributed by atoms with E-state index in [0.29, 0.717) is 12.1 Å². The fourth-order valence-electron chi connectivity index (χ4n) is 4.02. The Labute approximate surface area is 167 Å². The minimum absolute atomic E-state index is 0.0821. The predicted molar refractivity (Wildman–Crippen MR) is 107 cm³/mol. The molecule has 0 bridgehead atoms. The first-order valence-electron chi connectivity index (χ1n) is 9.29. The van der Waals surface area contributed by atoms with Crippen LogP contribution in [-0.4, -0.2) is 40.3 Å². The average Bonchev–Trinajstić information content (AvgIpc) is 2.95. The molecule has 0 aliphatic carbocycles. The van der Waals surface area contributed by atoms with Gasteiger partial charge in [-0.2, -0.15) is 13.7 Å². The first kappa shape index (κ1) is 19.2. The van der Waals surface area contributed by atoms with Gasteiger partial charge in [-0.05, 0) is 67.4 Å². The summed E-state index contributed by atoms with van der Waals surface area (Å²) in [6.45, 7) is 2.53. The van der Waals surface area contributed by atoms with Crippen molar-refractivity contribution in [3.63, 3.8) is 0 Å². The molecule has 1 unspecified atom stereocenters. The molecule has 0 saturated heterocycles. The summed E-state index contributed by atoms with van der Waals surface area (Å²) in [5.41, 5.74) is 2.52. The van der Waals surface area contributed by atoms with Crippen molar-refractivity contribution in [3.8, 4) is 5.75 Å². The number of ether oxygens (including phenoxy) is 1. The van der Waals surface area contributed by atoms with Gasteiger partial charge in [0, 0.05) is 11.3 Å². The van der Waals surface area contributed by atoms with Gasteiger partial charge in [0.15, 0.2) is 6.54 Å². The molecule has 0 spiro atoms. The van der Waals surface area contributed by atoms with Crippen LogP contribution in [0, 0.1) is 13.8 Å². The quantitative estimate of drug-likeness (QED) is 0.778. The lowest BCUT2D eigenvalue weighted by molar-refractivity contribution is -0.532. The Bertz CT molecular complexity index is 897. The highest BCUT2D eigenvalue weighted by Crippen LogP contribution is 2.42. The smallest absolute Gasteiger partial charge is 0.387 e. The van der Waals surface area contributed by atoms with E-state index in [1.54, 1.807) is 23.9 Å². The third-order valence-corrected chi connectivity index (χ3v) is 6.44. The summed E-state index contributed by atoms with van der Waals surface area (Å²) in [7, 11) is 0. The Kier molecular flexibility index (Phi) is 5.05. The highest BCUT2D eigenvalue weighted by molar-refractivity contribution is 8.14. The summed E-state index contributed by atoms with van der Waals surface area (Å²) in [5.74, 6) is 1.09. The monoisotopic (exact) mass is 405 g/mol. The average molecular weight is 405 g/mol. The van der Waals surface area contributed by atoms with Gasteiger partial charge in [0.2, 0.25) is 0 Å². The predicted octanol–water partition coefficient (Wildman–Crippen LogP) is 4.08. The Hall–Kier alpha value is -2.12. The van der Waals surface area contributed by atoms with E-state index in [9.17, 15) is 13.9 Å². The second-order valence-electron chi connectivity index (χ2n) is 7.20. The molecule has 0 aromatic heterocycles. The summed E-state index contributed by atoms with van der Waals surface area (Å²) >= 11 is 1.75. The van der Waals surface area contributed by atoms with Crippen LogP contribution >= 0.6 is 11.8 Å². The van der Waals surface area contributed by atoms with Crippen LogP contribution in [0.25, 0.3) is 0 Å². The zero-order valence-corrected chi connectivity index (χ0v) is 16.7. The number of halogens is 2. The largest absolute Gasteiger partial charge is 0.435 e. The van der Waals surface area contributed by atoms with Gasteiger partial charge < -0.3 is 9.84 Å². The summed E-state index contributed by atoms with van der Waals surface area (Å²) in [5, 5.41) is 12.9. The number of thioether (sulfide) groups is 1. The summed E-state index contributed by atoms with van der Waals surface area (Å²) in [4.78, 5) is 2.02. The van der Waals surface area contributed by atoms with E-state index in [0.717, 1.165) is 40.7 Å². The normalized spacial score (nSPS) is 22.0. The molecule has 2 aliphatic heterocycles. The van der Waals surface area contributed by atoms with E-state index in [2.05, 4.69) is 9.31 Å². The highest BCUT2D eigenvalue weighted by Gasteiger charge is 2.55. The van der Waals surface area contributed by atoms with Crippen molar-refractivity contribution in [1.29, 1.82) is 0 Å². The Balaban J connectivity index is 1.80. The molecule has 4 nitrogen and oxygen atoms in total. The number of nitrogens with zero attached hydrogens (tertiary/aromatic N) is 2. The lowest BCUT2D eigenvalue weighted by Crippen LogP contribution is -2.47. The van der Waals surface area contributed by atoms with Gasteiger partial charge in [0.25, 0.3) is 5.72 Å². The van der Waals surface area contributed by atoms with Crippen molar-refractivity contribution in [1.82, 2.24) is 0 Å². The van der Waals surface area contributed by atoms with Crippen LogP contribution in [0.4, 0.5) is 14.5 Å². The van der Waals surface area contributed by atoms with Gasteiger partial charge in [-0.1, -0.05) is 18.2 Å². The maximum atomic E-state index is 12.5. The number of aliphatic hydroxyl groups is 1. The van der Waals surface area contributed by atoms with Crippen molar-refractivity contribution in [3.05, 3.63) is 59.2 Å². The van der Waals surface area contributed by atoms with E-state index < -0.39 is 12.3 Å². The van der Waals surface area contributed by atoms with E-state index in [4.69, 9.17) is 0 Å². The van der Waals surface area contributed by atoms with Crippen LogP contribution in [0.5, 0.6) is 5.75 Å². The first-order valence-corrected chi connectivity index (χ1v) is 10.3. The van der Waals surface area contributed by atoms with Crippen molar-refractivity contribution < 1.29 is 23.2 Å². The highest BCUT2D eigenvalue weighted by atomic mass is 32.2. The van der Waals surface area contributed by atoms with E-state index >= 15 is 0 Å². The molecule has 1 N–H and O–H groups in total. The fraction of sp³-hybridized carbons (Fsp3) is 0.381. The van der Waals surface area contributed by atoms with Gasteiger partial charge in [-0.15, -0.1) is 0 Å². The lowest BCUT2D eigenvalue weighted by Gasteiger charge is -2.30. The second kappa shape index (κ2) is 7.37. The van der Waals surface area contributed by atoms with Gasteiger partial charge in [-0.25, -0.2) is 4.58 Å². The van der Waals surface area contributed by atoms with Crippen molar-refractivity contribution in [2.24, 2.45) is 0 Å². The van der Waals surface area contributed by atoms with E-state index in [1.807, 2.05) is 36.9 Å². The van der Waals surface area contributed by atoms with Gasteiger partial charge in [0.05, 0.1) is 6.54 Å². The van der Waals surface area contributed by atoms with E-state index in [-0.39, 0.29) is 5.75 Å². The third-order valence-electron chi connectivity index (χ3n) is 5.25. The molecule has 28 heavy (non-hydrogen) atoms. The molecular weight excluding hydrogens is 382 g/mol. The molecule has 2 aromatic carbocycles. The molecule has 2 heterocycles. The number of amidine groups is 1. The number of anilines is 1. The van der Waals surface area contributed by atoms with Gasteiger partial charge in [-0.3, -0.25) is 0 Å². The molecule has 0 radical (unpaired) electrons. The molecular formula is C21H23F2N2O2S+. The molecule has 0 fully saturated rings. The van der Waals surface area contributed by atoms with Crippen LogP contribution in [0.3, 0.4) is 0 Å². The molecule has 0 amide bonds. The van der Waals surface area contributed by atoms with Crippen LogP contribution in [0.15, 0.2) is 42.5 Å². The minimum atomic E-state index is -2.87. The Morgan fingerprint density at radius 2 is 1.82 bits per heavy atom.